The fraction of sp³-hybridized carbons (Fsp3) is 0.154. The fourth-order valence-electron chi connectivity index (χ4n) is 1.53. The maximum absolute atomic E-state index is 6.03. The Labute approximate surface area is 111 Å². The molecule has 4 heteroatoms. The molecule has 2 aromatic rings. The van der Waals surface area contributed by atoms with E-state index in [0.717, 1.165) is 21.8 Å². The smallest absolute Gasteiger partial charge is 0.152 e. The number of aryl methyl sites for hydroxylation is 1. The molecule has 0 aliphatic heterocycles. The SMILES string of the molecule is Cc1ccnc(Cl)c1NCc1ccc(Cl)cc1. The summed E-state index contributed by atoms with van der Waals surface area (Å²) in [4.78, 5) is 4.05. The second kappa shape index (κ2) is 5.39. The molecule has 0 amide bonds. The van der Waals surface area contributed by atoms with Crippen molar-refractivity contribution in [3.63, 3.8) is 0 Å². The first kappa shape index (κ1) is 12.2. The van der Waals surface area contributed by atoms with Crippen LogP contribution in [0.5, 0.6) is 0 Å². The normalized spacial score (nSPS) is 10.3. The summed E-state index contributed by atoms with van der Waals surface area (Å²) in [5.41, 5.74) is 3.11. The van der Waals surface area contributed by atoms with Gasteiger partial charge in [0.05, 0.1) is 5.69 Å². The molecule has 2 nitrogen and oxygen atoms in total. The molecule has 17 heavy (non-hydrogen) atoms. The summed E-state index contributed by atoms with van der Waals surface area (Å²) < 4.78 is 0. The molecule has 0 aliphatic rings. The standard InChI is InChI=1S/C13H12Cl2N2/c1-9-6-7-16-13(15)12(9)17-8-10-2-4-11(14)5-3-10/h2-7,17H,8H2,1H3. The lowest BCUT2D eigenvalue weighted by atomic mass is 10.2. The molecule has 2 rings (SSSR count). The van der Waals surface area contributed by atoms with E-state index < -0.39 is 0 Å². The summed E-state index contributed by atoms with van der Waals surface area (Å²) in [5.74, 6) is 0. The summed E-state index contributed by atoms with van der Waals surface area (Å²) in [7, 11) is 0. The minimum Gasteiger partial charge on any atom is -0.378 e. The van der Waals surface area contributed by atoms with Crippen molar-refractivity contribution in [3.8, 4) is 0 Å². The first-order valence-corrected chi connectivity index (χ1v) is 6.02. The number of pyridine rings is 1. The second-order valence-electron chi connectivity index (χ2n) is 3.77. The van der Waals surface area contributed by atoms with Crippen molar-refractivity contribution in [1.82, 2.24) is 4.98 Å². The van der Waals surface area contributed by atoms with Crippen molar-refractivity contribution in [2.75, 3.05) is 5.32 Å². The average molecular weight is 267 g/mol. The number of nitrogens with one attached hydrogen (secondary N) is 1. The van der Waals surface area contributed by atoms with E-state index >= 15 is 0 Å². The minimum atomic E-state index is 0.499. The monoisotopic (exact) mass is 266 g/mol. The first-order valence-electron chi connectivity index (χ1n) is 5.26. The Bertz CT molecular complexity index is 489. The van der Waals surface area contributed by atoms with E-state index in [0.29, 0.717) is 11.7 Å². The number of anilines is 1. The van der Waals surface area contributed by atoms with E-state index in [4.69, 9.17) is 23.2 Å². The van der Waals surface area contributed by atoms with E-state index in [1.54, 1.807) is 6.20 Å². The molecular formula is C13H12Cl2N2. The van der Waals surface area contributed by atoms with Gasteiger partial charge in [0.1, 0.15) is 0 Å². The van der Waals surface area contributed by atoms with Crippen molar-refractivity contribution in [2.24, 2.45) is 0 Å². The Morgan fingerprint density at radius 1 is 1.12 bits per heavy atom. The van der Waals surface area contributed by atoms with Crippen molar-refractivity contribution in [2.45, 2.75) is 13.5 Å². The van der Waals surface area contributed by atoms with Gasteiger partial charge in [0.25, 0.3) is 0 Å². The number of rotatable bonds is 3. The fourth-order valence-corrected chi connectivity index (χ4v) is 1.93. The summed E-state index contributed by atoms with van der Waals surface area (Å²) in [5, 5.41) is 4.52. The van der Waals surface area contributed by atoms with Gasteiger partial charge in [0.2, 0.25) is 0 Å². The van der Waals surface area contributed by atoms with Crippen LogP contribution < -0.4 is 5.32 Å². The molecule has 0 bridgehead atoms. The molecule has 0 fully saturated rings. The van der Waals surface area contributed by atoms with Crippen LogP contribution in [-0.2, 0) is 6.54 Å². The third kappa shape index (κ3) is 3.11. The largest absolute Gasteiger partial charge is 0.378 e. The molecule has 1 N–H and O–H groups in total. The van der Waals surface area contributed by atoms with Gasteiger partial charge in [0.15, 0.2) is 5.15 Å². The van der Waals surface area contributed by atoms with Crippen LogP contribution in [0.3, 0.4) is 0 Å². The van der Waals surface area contributed by atoms with Gasteiger partial charge in [-0.3, -0.25) is 0 Å². The lowest BCUT2D eigenvalue weighted by molar-refractivity contribution is 1.12. The molecule has 1 aromatic carbocycles. The van der Waals surface area contributed by atoms with Crippen LogP contribution in [0.1, 0.15) is 11.1 Å². The Morgan fingerprint density at radius 3 is 2.47 bits per heavy atom. The van der Waals surface area contributed by atoms with Gasteiger partial charge in [-0.15, -0.1) is 0 Å². The zero-order valence-electron chi connectivity index (χ0n) is 9.37. The number of nitrogens with zero attached hydrogens (tertiary/aromatic N) is 1. The van der Waals surface area contributed by atoms with Gasteiger partial charge >= 0.3 is 0 Å². The van der Waals surface area contributed by atoms with Crippen molar-refractivity contribution in [1.29, 1.82) is 0 Å². The second-order valence-corrected chi connectivity index (χ2v) is 4.57. The van der Waals surface area contributed by atoms with E-state index in [1.165, 1.54) is 0 Å². The Balaban J connectivity index is 2.10. The highest BCUT2D eigenvalue weighted by atomic mass is 35.5. The Hall–Kier alpha value is -1.25. The van der Waals surface area contributed by atoms with Gasteiger partial charge in [-0.05, 0) is 36.2 Å². The van der Waals surface area contributed by atoms with Crippen molar-refractivity contribution < 1.29 is 0 Å². The highest BCUT2D eigenvalue weighted by Crippen LogP contribution is 2.23. The quantitative estimate of drug-likeness (QED) is 0.838. The lowest BCUT2D eigenvalue weighted by Crippen LogP contribution is -2.02. The van der Waals surface area contributed by atoms with Gasteiger partial charge in [0, 0.05) is 17.8 Å². The molecular weight excluding hydrogens is 255 g/mol. The predicted octanol–water partition coefficient (Wildman–Crippen LogP) is 4.31. The lowest BCUT2D eigenvalue weighted by Gasteiger charge is -2.10. The van der Waals surface area contributed by atoms with E-state index in [1.807, 2.05) is 37.3 Å². The van der Waals surface area contributed by atoms with Crippen LogP contribution in [0.15, 0.2) is 36.5 Å². The Morgan fingerprint density at radius 2 is 1.82 bits per heavy atom. The van der Waals surface area contributed by atoms with Gasteiger partial charge < -0.3 is 5.32 Å². The number of benzene rings is 1. The maximum atomic E-state index is 6.03. The maximum Gasteiger partial charge on any atom is 0.152 e. The summed E-state index contributed by atoms with van der Waals surface area (Å²) in [6.07, 6.45) is 1.70. The molecule has 0 aliphatic carbocycles. The molecule has 88 valence electrons. The topological polar surface area (TPSA) is 24.9 Å². The number of aromatic nitrogens is 1. The van der Waals surface area contributed by atoms with Crippen LogP contribution >= 0.6 is 23.2 Å². The van der Waals surface area contributed by atoms with Gasteiger partial charge in [-0.1, -0.05) is 35.3 Å². The zero-order valence-corrected chi connectivity index (χ0v) is 10.9. The Kier molecular flexibility index (Phi) is 3.87. The van der Waals surface area contributed by atoms with Crippen molar-refractivity contribution >= 4 is 28.9 Å². The number of halogens is 2. The molecule has 0 saturated carbocycles. The van der Waals surface area contributed by atoms with E-state index in [2.05, 4.69) is 10.3 Å². The van der Waals surface area contributed by atoms with E-state index in [-0.39, 0.29) is 0 Å². The molecule has 1 aromatic heterocycles. The number of hydrogen-bond donors (Lipinski definition) is 1. The van der Waals surface area contributed by atoms with Crippen LogP contribution in [0, 0.1) is 6.92 Å². The molecule has 0 spiro atoms. The highest BCUT2D eigenvalue weighted by molar-refractivity contribution is 6.32. The van der Waals surface area contributed by atoms with Gasteiger partial charge in [-0.25, -0.2) is 4.98 Å². The summed E-state index contributed by atoms with van der Waals surface area (Å²) in [6, 6.07) is 9.63. The van der Waals surface area contributed by atoms with Crippen molar-refractivity contribution in [3.05, 3.63) is 57.8 Å². The third-order valence-corrected chi connectivity index (χ3v) is 3.03. The zero-order chi connectivity index (χ0) is 12.3. The van der Waals surface area contributed by atoms with Crippen LogP contribution in [0.25, 0.3) is 0 Å². The third-order valence-electron chi connectivity index (χ3n) is 2.50. The van der Waals surface area contributed by atoms with E-state index in [9.17, 15) is 0 Å². The molecule has 0 radical (unpaired) electrons. The highest BCUT2D eigenvalue weighted by Gasteiger charge is 2.04. The molecule has 0 atom stereocenters. The average Bonchev–Trinajstić information content (AvgIpc) is 2.31. The van der Waals surface area contributed by atoms with Gasteiger partial charge in [-0.2, -0.15) is 0 Å². The predicted molar refractivity (Wildman–Crippen MR) is 72.8 cm³/mol. The molecule has 0 unspecified atom stereocenters. The summed E-state index contributed by atoms with van der Waals surface area (Å²) in [6.45, 7) is 2.70. The number of hydrogen-bond acceptors (Lipinski definition) is 2. The minimum absolute atomic E-state index is 0.499. The van der Waals surface area contributed by atoms with Crippen LogP contribution in [0.4, 0.5) is 5.69 Å². The molecule has 1 heterocycles. The first-order chi connectivity index (χ1) is 8.16. The summed E-state index contributed by atoms with van der Waals surface area (Å²) >= 11 is 11.9. The van der Waals surface area contributed by atoms with Crippen LogP contribution in [0.2, 0.25) is 10.2 Å². The molecule has 0 saturated heterocycles. The van der Waals surface area contributed by atoms with Crippen LogP contribution in [-0.4, -0.2) is 4.98 Å².